The molecule has 0 spiro atoms. The maximum Gasteiger partial charge on any atom is 0.407 e. The Bertz CT molecular complexity index is 1100. The molecule has 1 aliphatic rings. The van der Waals surface area contributed by atoms with Crippen LogP contribution in [-0.4, -0.2) is 56.1 Å². The number of rotatable bonds is 7. The molecule has 3 aromatic rings. The van der Waals surface area contributed by atoms with E-state index in [4.69, 9.17) is 9.47 Å². The van der Waals surface area contributed by atoms with Gasteiger partial charge in [-0.25, -0.2) is 23.5 Å². The minimum atomic E-state index is -1.36. The maximum absolute atomic E-state index is 14.9. The molecule has 1 saturated carbocycles. The number of ether oxygens (including phenoxy) is 2. The van der Waals surface area contributed by atoms with Crippen LogP contribution in [0.1, 0.15) is 44.0 Å². The number of fused-ring (bicyclic) bond motifs is 1. The van der Waals surface area contributed by atoms with Crippen molar-refractivity contribution in [3.05, 3.63) is 35.7 Å². The highest BCUT2D eigenvalue weighted by molar-refractivity contribution is 5.67. The number of methoxy groups -OCH3 is 1. The lowest BCUT2D eigenvalue weighted by atomic mass is 10.0. The first-order valence-electron chi connectivity index (χ1n) is 10.3. The van der Waals surface area contributed by atoms with Gasteiger partial charge in [0.2, 0.25) is 5.95 Å². The summed E-state index contributed by atoms with van der Waals surface area (Å²) in [6, 6.07) is 1.57. The van der Waals surface area contributed by atoms with Crippen LogP contribution in [0.15, 0.2) is 18.5 Å². The van der Waals surface area contributed by atoms with Crippen LogP contribution < -0.4 is 10.6 Å². The van der Waals surface area contributed by atoms with Crippen molar-refractivity contribution in [1.82, 2.24) is 29.9 Å². The third kappa shape index (κ3) is 4.49. The molecule has 3 aromatic heterocycles. The van der Waals surface area contributed by atoms with Gasteiger partial charge in [0.1, 0.15) is 12.3 Å². The Morgan fingerprint density at radius 2 is 2.22 bits per heavy atom. The summed E-state index contributed by atoms with van der Waals surface area (Å²) in [5.41, 5.74) is 1.22. The Labute approximate surface area is 182 Å². The largest absolute Gasteiger partial charge is 0.443 e. The molecule has 1 aliphatic carbocycles. The Morgan fingerprint density at radius 1 is 1.41 bits per heavy atom. The predicted molar refractivity (Wildman–Crippen MR) is 111 cm³/mol. The van der Waals surface area contributed by atoms with Crippen molar-refractivity contribution >= 4 is 23.5 Å². The first-order chi connectivity index (χ1) is 15.4. The van der Waals surface area contributed by atoms with Crippen molar-refractivity contribution in [2.75, 3.05) is 12.4 Å². The number of hydrogen-bond donors (Lipinski definition) is 3. The third-order valence-corrected chi connectivity index (χ3v) is 5.19. The summed E-state index contributed by atoms with van der Waals surface area (Å²) >= 11 is 0. The molecule has 0 saturated heterocycles. The lowest BCUT2D eigenvalue weighted by Gasteiger charge is -2.18. The molecule has 3 atom stereocenters. The van der Waals surface area contributed by atoms with Gasteiger partial charge in [0.25, 0.3) is 0 Å². The van der Waals surface area contributed by atoms with Gasteiger partial charge in [-0.05, 0) is 26.7 Å². The van der Waals surface area contributed by atoms with Crippen LogP contribution in [0.5, 0.6) is 0 Å². The number of imidazole rings is 1. The van der Waals surface area contributed by atoms with Crippen LogP contribution in [0, 0.1) is 5.82 Å². The third-order valence-electron chi connectivity index (χ3n) is 5.19. The lowest BCUT2D eigenvalue weighted by Crippen LogP contribution is -2.36. The molecule has 1 fully saturated rings. The van der Waals surface area contributed by atoms with Crippen LogP contribution in [0.4, 0.5) is 25.3 Å². The van der Waals surface area contributed by atoms with E-state index in [9.17, 15) is 13.6 Å². The van der Waals surface area contributed by atoms with Crippen LogP contribution in [0.2, 0.25) is 0 Å². The van der Waals surface area contributed by atoms with Gasteiger partial charge in [-0.15, -0.1) is 0 Å². The minimum Gasteiger partial charge on any atom is -0.443 e. The van der Waals surface area contributed by atoms with Crippen molar-refractivity contribution < 1.29 is 23.0 Å². The number of alkyl carbamates (subject to hydrolysis) is 1. The van der Waals surface area contributed by atoms with E-state index in [0.717, 1.165) is 6.20 Å². The van der Waals surface area contributed by atoms with Crippen molar-refractivity contribution in [3.63, 3.8) is 0 Å². The molecule has 1 amide bonds. The topological polar surface area (TPSA) is 118 Å². The normalized spacial score (nSPS) is 20.8. The van der Waals surface area contributed by atoms with E-state index in [0.29, 0.717) is 36.0 Å². The van der Waals surface area contributed by atoms with Crippen molar-refractivity contribution in [2.45, 2.75) is 57.5 Å². The number of H-pyrrole nitrogens is 1. The van der Waals surface area contributed by atoms with Gasteiger partial charge in [-0.2, -0.15) is 5.10 Å². The molecule has 0 aliphatic heterocycles. The molecular formula is C20H25F2N7O3. The second kappa shape index (κ2) is 9.07. The van der Waals surface area contributed by atoms with E-state index in [1.54, 1.807) is 26.1 Å². The Hall–Kier alpha value is -3.28. The Balaban J connectivity index is 1.47. The highest BCUT2D eigenvalue weighted by atomic mass is 19.1. The van der Waals surface area contributed by atoms with E-state index < -0.39 is 30.1 Å². The summed E-state index contributed by atoms with van der Waals surface area (Å²) < 4.78 is 40.8. The number of hydrogen-bond acceptors (Lipinski definition) is 7. The van der Waals surface area contributed by atoms with E-state index in [2.05, 4.69) is 30.8 Å². The molecule has 172 valence electrons. The number of aromatic amines is 1. The van der Waals surface area contributed by atoms with E-state index >= 15 is 0 Å². The molecule has 12 heteroatoms. The fourth-order valence-corrected chi connectivity index (χ4v) is 3.79. The number of anilines is 2. The fraction of sp³-hybridized carbons (Fsp3) is 0.500. The van der Waals surface area contributed by atoms with Crippen LogP contribution >= 0.6 is 0 Å². The molecule has 0 unspecified atom stereocenters. The van der Waals surface area contributed by atoms with Crippen LogP contribution in [0.3, 0.4) is 0 Å². The number of alkyl halides is 1. The van der Waals surface area contributed by atoms with Gasteiger partial charge in [0.05, 0.1) is 18.5 Å². The number of nitrogens with one attached hydrogen (secondary N) is 3. The van der Waals surface area contributed by atoms with Gasteiger partial charge in [0.15, 0.2) is 17.3 Å². The van der Waals surface area contributed by atoms with Crippen molar-refractivity contribution in [1.29, 1.82) is 0 Å². The summed E-state index contributed by atoms with van der Waals surface area (Å²) in [5, 5.41) is 12.6. The highest BCUT2D eigenvalue weighted by Gasteiger charge is 2.40. The molecule has 0 bridgehead atoms. The zero-order valence-corrected chi connectivity index (χ0v) is 17.9. The number of carbonyl (C=O) groups excluding carboxylic acids is 1. The monoisotopic (exact) mass is 449 g/mol. The van der Waals surface area contributed by atoms with Gasteiger partial charge >= 0.3 is 6.09 Å². The minimum absolute atomic E-state index is 0.0911. The number of halogens is 2. The smallest absolute Gasteiger partial charge is 0.407 e. The van der Waals surface area contributed by atoms with E-state index in [1.165, 1.54) is 11.5 Å². The lowest BCUT2D eigenvalue weighted by molar-refractivity contribution is 0.0555. The summed E-state index contributed by atoms with van der Waals surface area (Å²) in [6.07, 6.45) is 0.792. The second-order valence-electron chi connectivity index (χ2n) is 7.99. The first kappa shape index (κ1) is 21.9. The predicted octanol–water partition coefficient (Wildman–Crippen LogP) is 3.20. The highest BCUT2D eigenvalue weighted by Crippen LogP contribution is 2.38. The molecule has 10 nitrogen and oxygen atoms in total. The first-order valence-corrected chi connectivity index (χ1v) is 10.3. The molecule has 3 heterocycles. The molecule has 32 heavy (non-hydrogen) atoms. The van der Waals surface area contributed by atoms with Crippen molar-refractivity contribution in [2.24, 2.45) is 0 Å². The van der Waals surface area contributed by atoms with Gasteiger partial charge in [-0.3, -0.25) is 9.50 Å². The second-order valence-corrected chi connectivity index (χ2v) is 7.99. The summed E-state index contributed by atoms with van der Waals surface area (Å²) in [5.74, 6) is -0.377. The summed E-state index contributed by atoms with van der Waals surface area (Å²) in [7, 11) is 1.52. The Morgan fingerprint density at radius 3 is 2.97 bits per heavy atom. The van der Waals surface area contributed by atoms with Gasteiger partial charge < -0.3 is 20.1 Å². The molecule has 4 rings (SSSR count). The molecule has 0 radical (unpaired) electrons. The standard InChI is InChI=1S/C20H25F2N7O3/c1-10(2)24-20(30)32-15-5-4-12(17(15)22)14-6-16(28-27-14)26-19-23-7-13(21)18-25-11(9-31-3)8-29(18)19/h6-8,10,12,15,17H,4-5,9H2,1-3H3,(H,24,30)(H2,23,26,27,28)/t12-,15-,17+/m0/s1. The van der Waals surface area contributed by atoms with Crippen LogP contribution in [0.25, 0.3) is 5.65 Å². The zero-order valence-electron chi connectivity index (χ0n) is 17.9. The summed E-state index contributed by atoms with van der Waals surface area (Å²) in [6.45, 7) is 3.83. The molecule has 3 N–H and O–H groups in total. The Kier molecular flexibility index (Phi) is 6.21. The van der Waals surface area contributed by atoms with Gasteiger partial charge in [0, 0.05) is 37.0 Å². The van der Waals surface area contributed by atoms with Gasteiger partial charge in [-0.1, -0.05) is 0 Å². The molecule has 0 aromatic carbocycles. The van der Waals surface area contributed by atoms with E-state index in [-0.39, 0.29) is 18.3 Å². The fourth-order valence-electron chi connectivity index (χ4n) is 3.79. The molecular weight excluding hydrogens is 424 g/mol. The van der Waals surface area contributed by atoms with Crippen molar-refractivity contribution in [3.8, 4) is 0 Å². The number of carbonyl (C=O) groups is 1. The number of amides is 1. The average molecular weight is 449 g/mol. The van der Waals surface area contributed by atoms with E-state index in [1.807, 2.05) is 0 Å². The van der Waals surface area contributed by atoms with Crippen LogP contribution in [-0.2, 0) is 16.1 Å². The number of nitrogens with zero attached hydrogens (tertiary/aromatic N) is 4. The summed E-state index contributed by atoms with van der Waals surface area (Å²) in [4.78, 5) is 20.1. The quantitative estimate of drug-likeness (QED) is 0.507. The zero-order chi connectivity index (χ0) is 22.8. The SMILES string of the molecule is COCc1cn2c(Nc3cc([C@@H]4CC[C@H](OC(=O)NC(C)C)[C@@H]4F)[nH]n3)ncc(F)c2n1. The average Bonchev–Trinajstić information content (AvgIpc) is 3.44. The number of aromatic nitrogens is 5. The maximum atomic E-state index is 14.9.